The normalized spacial score (nSPS) is 10.5. The molecule has 1 aromatic carbocycles. The Morgan fingerprint density at radius 2 is 2.19 bits per heavy atom. The number of alkyl halides is 2. The van der Waals surface area contributed by atoms with Gasteiger partial charge in [0.25, 0.3) is 18.0 Å². The fourth-order valence-electron chi connectivity index (χ4n) is 1.77. The zero-order chi connectivity index (χ0) is 16.0. The van der Waals surface area contributed by atoms with Crippen LogP contribution in [-0.4, -0.2) is 54.0 Å². The second-order valence-corrected chi connectivity index (χ2v) is 4.10. The molecule has 7 nitrogen and oxygen atoms in total. The van der Waals surface area contributed by atoms with Crippen LogP contribution in [0.4, 0.5) is 20.2 Å². The van der Waals surface area contributed by atoms with Crippen LogP contribution in [0.15, 0.2) is 18.2 Å². The lowest BCUT2D eigenvalue weighted by atomic mass is 10.1. The van der Waals surface area contributed by atoms with Gasteiger partial charge in [-0.2, -0.15) is 0 Å². The number of aliphatic hydroxyl groups excluding tert-OH is 1. The second-order valence-electron chi connectivity index (χ2n) is 4.10. The molecule has 0 radical (unpaired) electrons. The van der Waals surface area contributed by atoms with Crippen LogP contribution in [0.3, 0.4) is 0 Å². The second kappa shape index (κ2) is 7.48. The molecule has 0 aromatic heterocycles. The van der Waals surface area contributed by atoms with Crippen LogP contribution in [0.5, 0.6) is 0 Å². The van der Waals surface area contributed by atoms with Gasteiger partial charge in [-0.25, -0.2) is 8.78 Å². The molecule has 0 heterocycles. The number of amides is 1. The molecule has 1 aromatic rings. The number of nitro benzene ring substituents is 1. The molecule has 0 fully saturated rings. The van der Waals surface area contributed by atoms with Crippen LogP contribution in [0.25, 0.3) is 0 Å². The molecule has 0 aliphatic carbocycles. The van der Waals surface area contributed by atoms with Crippen LogP contribution in [0, 0.1) is 10.1 Å². The molecular weight excluding hydrogens is 288 g/mol. The fourth-order valence-corrected chi connectivity index (χ4v) is 1.77. The van der Waals surface area contributed by atoms with Crippen molar-refractivity contribution in [2.45, 2.75) is 6.43 Å². The van der Waals surface area contributed by atoms with Crippen molar-refractivity contribution in [3.8, 4) is 0 Å². The van der Waals surface area contributed by atoms with E-state index in [0.29, 0.717) is 0 Å². The Hall–Kier alpha value is -2.29. The molecule has 1 rings (SSSR count). The van der Waals surface area contributed by atoms with Crippen LogP contribution in [-0.2, 0) is 0 Å². The van der Waals surface area contributed by atoms with Gasteiger partial charge in [-0.15, -0.1) is 0 Å². The number of benzene rings is 1. The molecule has 0 bridgehead atoms. The van der Waals surface area contributed by atoms with Gasteiger partial charge in [0.15, 0.2) is 0 Å². The summed E-state index contributed by atoms with van der Waals surface area (Å²) in [4.78, 5) is 23.1. The third-order valence-corrected chi connectivity index (χ3v) is 2.73. The first-order chi connectivity index (χ1) is 9.90. The summed E-state index contributed by atoms with van der Waals surface area (Å²) in [7, 11) is 1.50. The largest absolute Gasteiger partial charge is 0.395 e. The monoisotopic (exact) mass is 303 g/mol. The number of nitro groups is 1. The van der Waals surface area contributed by atoms with Gasteiger partial charge in [0.05, 0.1) is 23.6 Å². The van der Waals surface area contributed by atoms with Crippen LogP contribution in [0.1, 0.15) is 10.4 Å². The molecule has 0 unspecified atom stereocenters. The van der Waals surface area contributed by atoms with E-state index in [1.807, 2.05) is 0 Å². The Labute approximate surface area is 119 Å². The number of non-ortho nitro benzene ring substituents is 1. The van der Waals surface area contributed by atoms with Gasteiger partial charge in [0, 0.05) is 31.4 Å². The third kappa shape index (κ3) is 4.35. The van der Waals surface area contributed by atoms with Crippen molar-refractivity contribution in [3.05, 3.63) is 33.9 Å². The van der Waals surface area contributed by atoms with Crippen molar-refractivity contribution in [1.82, 2.24) is 4.90 Å². The highest BCUT2D eigenvalue weighted by atomic mass is 19.3. The number of hydrogen-bond donors (Lipinski definition) is 2. The lowest BCUT2D eigenvalue weighted by Crippen LogP contribution is -2.37. The number of nitrogens with one attached hydrogen (secondary N) is 1. The summed E-state index contributed by atoms with van der Waals surface area (Å²) in [5.41, 5.74) is -0.137. The van der Waals surface area contributed by atoms with Gasteiger partial charge in [0.1, 0.15) is 0 Å². The first kappa shape index (κ1) is 16.8. The molecule has 116 valence electrons. The quantitative estimate of drug-likeness (QED) is 0.585. The van der Waals surface area contributed by atoms with E-state index in [2.05, 4.69) is 5.32 Å². The van der Waals surface area contributed by atoms with Gasteiger partial charge >= 0.3 is 0 Å². The first-order valence-electron chi connectivity index (χ1n) is 6.05. The van der Waals surface area contributed by atoms with Crippen LogP contribution >= 0.6 is 0 Å². The Morgan fingerprint density at radius 1 is 1.52 bits per heavy atom. The summed E-state index contributed by atoms with van der Waals surface area (Å²) in [5.74, 6) is -0.808. The number of hydrogen-bond acceptors (Lipinski definition) is 5. The Balaban J connectivity index is 3.17. The van der Waals surface area contributed by atoms with E-state index in [1.54, 1.807) is 0 Å². The molecule has 0 saturated heterocycles. The first-order valence-corrected chi connectivity index (χ1v) is 6.05. The maximum Gasteiger partial charge on any atom is 0.270 e. The predicted molar refractivity (Wildman–Crippen MR) is 71.6 cm³/mol. The summed E-state index contributed by atoms with van der Waals surface area (Å²) >= 11 is 0. The predicted octanol–water partition coefficient (Wildman–Crippen LogP) is 1.34. The average Bonchev–Trinajstić information content (AvgIpc) is 2.44. The number of halogens is 2. The summed E-state index contributed by atoms with van der Waals surface area (Å²) in [6.07, 6.45) is -2.77. The fraction of sp³-hybridized carbons (Fsp3) is 0.417. The Kier molecular flexibility index (Phi) is 5.97. The zero-order valence-corrected chi connectivity index (χ0v) is 11.3. The number of aliphatic hydroxyl groups is 1. The molecule has 0 spiro atoms. The van der Waals surface area contributed by atoms with E-state index < -0.39 is 30.4 Å². The molecule has 0 aliphatic rings. The van der Waals surface area contributed by atoms with Crippen molar-refractivity contribution in [2.24, 2.45) is 0 Å². The summed E-state index contributed by atoms with van der Waals surface area (Å²) < 4.78 is 24.9. The summed E-state index contributed by atoms with van der Waals surface area (Å²) in [6.45, 7) is -1.62. The average molecular weight is 303 g/mol. The maximum atomic E-state index is 12.5. The van der Waals surface area contributed by atoms with Gasteiger partial charge < -0.3 is 15.3 Å². The van der Waals surface area contributed by atoms with Gasteiger partial charge in [-0.3, -0.25) is 14.9 Å². The SMILES string of the molecule is CNc1ccc([N+](=O)[O-])cc1C(=O)N(CCO)CC(F)F. The molecule has 1 amide bonds. The Morgan fingerprint density at radius 3 is 2.67 bits per heavy atom. The van der Waals surface area contributed by atoms with E-state index in [9.17, 15) is 23.7 Å². The molecule has 21 heavy (non-hydrogen) atoms. The number of carbonyl (C=O) groups excluding carboxylic acids is 1. The summed E-state index contributed by atoms with van der Waals surface area (Å²) in [6, 6.07) is 3.54. The van der Waals surface area contributed by atoms with E-state index >= 15 is 0 Å². The van der Waals surface area contributed by atoms with Crippen molar-refractivity contribution in [2.75, 3.05) is 32.1 Å². The van der Waals surface area contributed by atoms with E-state index in [0.717, 1.165) is 11.0 Å². The highest BCUT2D eigenvalue weighted by Crippen LogP contribution is 2.23. The third-order valence-electron chi connectivity index (χ3n) is 2.73. The minimum Gasteiger partial charge on any atom is -0.395 e. The van der Waals surface area contributed by atoms with Crippen LogP contribution in [0.2, 0.25) is 0 Å². The molecular formula is C12H15F2N3O4. The van der Waals surface area contributed by atoms with Crippen molar-refractivity contribution in [1.29, 1.82) is 0 Å². The highest BCUT2D eigenvalue weighted by molar-refractivity contribution is 6.00. The van der Waals surface area contributed by atoms with Crippen LogP contribution < -0.4 is 5.32 Å². The lowest BCUT2D eigenvalue weighted by molar-refractivity contribution is -0.384. The van der Waals surface area contributed by atoms with Crippen molar-refractivity contribution < 1.29 is 23.6 Å². The maximum absolute atomic E-state index is 12.5. The van der Waals surface area contributed by atoms with E-state index in [4.69, 9.17) is 5.11 Å². The van der Waals surface area contributed by atoms with E-state index in [1.165, 1.54) is 19.2 Å². The lowest BCUT2D eigenvalue weighted by Gasteiger charge is -2.22. The molecule has 2 N–H and O–H groups in total. The number of rotatable bonds is 7. The van der Waals surface area contributed by atoms with Gasteiger partial charge in [-0.1, -0.05) is 0 Å². The smallest absolute Gasteiger partial charge is 0.270 e. The van der Waals surface area contributed by atoms with Crippen molar-refractivity contribution >= 4 is 17.3 Å². The van der Waals surface area contributed by atoms with Gasteiger partial charge in [0.2, 0.25) is 0 Å². The minimum atomic E-state index is -2.77. The van der Waals surface area contributed by atoms with E-state index in [-0.39, 0.29) is 23.5 Å². The minimum absolute atomic E-state index is 0.0965. The topological polar surface area (TPSA) is 95.7 Å². The number of nitrogens with zero attached hydrogens (tertiary/aromatic N) is 2. The molecule has 0 saturated carbocycles. The summed E-state index contributed by atoms with van der Waals surface area (Å²) in [5, 5.41) is 22.3. The Bertz CT molecular complexity index is 525. The van der Waals surface area contributed by atoms with Gasteiger partial charge in [-0.05, 0) is 6.07 Å². The van der Waals surface area contributed by atoms with Crippen molar-refractivity contribution in [3.63, 3.8) is 0 Å². The number of anilines is 1. The highest BCUT2D eigenvalue weighted by Gasteiger charge is 2.23. The standard InChI is InChI=1S/C12H15F2N3O4/c1-15-10-3-2-8(17(20)21)6-9(10)12(19)16(4-5-18)7-11(13)14/h2-3,6,11,15,18H,4-5,7H2,1H3. The number of carbonyl (C=O) groups is 1. The molecule has 0 aliphatic heterocycles. The zero-order valence-electron chi connectivity index (χ0n) is 11.3. The molecule has 0 atom stereocenters. The molecule has 9 heteroatoms.